The van der Waals surface area contributed by atoms with E-state index < -0.39 is 0 Å². The number of aromatic amines is 1. The lowest BCUT2D eigenvalue weighted by molar-refractivity contribution is -0.123. The summed E-state index contributed by atoms with van der Waals surface area (Å²) in [5, 5.41) is 3.85. The van der Waals surface area contributed by atoms with E-state index in [2.05, 4.69) is 10.3 Å². The zero-order valence-electron chi connectivity index (χ0n) is 11.7. The smallest absolute Gasteiger partial charge is 0.258 e. The van der Waals surface area contributed by atoms with Crippen molar-refractivity contribution in [3.05, 3.63) is 40.7 Å². The zero-order valence-corrected chi connectivity index (χ0v) is 11.7. The molecule has 1 aromatic heterocycles. The molecule has 1 amide bonds. The van der Waals surface area contributed by atoms with Gasteiger partial charge in [-0.05, 0) is 25.0 Å². The fraction of sp³-hybridized carbons (Fsp3) is 0.375. The molecule has 0 unspecified atom stereocenters. The Balaban J connectivity index is 1.68. The average molecular weight is 286 g/mol. The largest absolute Gasteiger partial charge is 0.482 e. The number of carbonyl (C=O) groups excluding carboxylic acids is 1. The summed E-state index contributed by atoms with van der Waals surface area (Å²) in [6, 6.07) is 8.97. The Hall–Kier alpha value is -2.30. The van der Waals surface area contributed by atoms with E-state index in [1.54, 1.807) is 12.1 Å². The van der Waals surface area contributed by atoms with E-state index in [9.17, 15) is 9.59 Å². The highest BCUT2D eigenvalue weighted by Crippen LogP contribution is 2.22. The lowest BCUT2D eigenvalue weighted by Crippen LogP contribution is -2.36. The maximum atomic E-state index is 11.9. The van der Waals surface area contributed by atoms with Crippen LogP contribution in [0.1, 0.15) is 25.7 Å². The van der Waals surface area contributed by atoms with Crippen LogP contribution in [0.4, 0.5) is 0 Å². The second-order valence-corrected chi connectivity index (χ2v) is 5.38. The summed E-state index contributed by atoms with van der Waals surface area (Å²) in [6.07, 6.45) is 4.45. The molecule has 0 atom stereocenters. The van der Waals surface area contributed by atoms with Crippen LogP contribution < -0.4 is 15.6 Å². The Morgan fingerprint density at radius 1 is 1.24 bits per heavy atom. The minimum absolute atomic E-state index is 0.0352. The Kier molecular flexibility index (Phi) is 3.90. The molecule has 21 heavy (non-hydrogen) atoms. The molecule has 5 nitrogen and oxygen atoms in total. The second-order valence-electron chi connectivity index (χ2n) is 5.38. The van der Waals surface area contributed by atoms with Crippen molar-refractivity contribution in [2.45, 2.75) is 31.7 Å². The van der Waals surface area contributed by atoms with E-state index >= 15 is 0 Å². The monoisotopic (exact) mass is 286 g/mol. The Morgan fingerprint density at radius 3 is 2.86 bits per heavy atom. The number of aromatic nitrogens is 1. The number of amides is 1. The van der Waals surface area contributed by atoms with Crippen LogP contribution in [0.15, 0.2) is 35.1 Å². The number of pyridine rings is 1. The highest BCUT2D eigenvalue weighted by atomic mass is 16.5. The maximum Gasteiger partial charge on any atom is 0.258 e. The standard InChI is InChI=1S/C16H18N2O3/c19-14-9-8-11-4-3-7-13(16(11)18-14)21-10-15(20)17-12-5-1-2-6-12/h3-4,7-9,12H,1-2,5-6,10H2,(H,17,20)(H,18,19). The minimum atomic E-state index is -0.186. The van der Waals surface area contributed by atoms with Gasteiger partial charge in [-0.25, -0.2) is 0 Å². The molecular weight excluding hydrogens is 268 g/mol. The van der Waals surface area contributed by atoms with Crippen molar-refractivity contribution in [1.29, 1.82) is 0 Å². The molecular formula is C16H18N2O3. The molecule has 0 saturated heterocycles. The predicted octanol–water partition coefficient (Wildman–Crippen LogP) is 1.97. The topological polar surface area (TPSA) is 71.2 Å². The van der Waals surface area contributed by atoms with Crippen LogP contribution in [0.2, 0.25) is 0 Å². The first-order chi connectivity index (χ1) is 10.2. The summed E-state index contributed by atoms with van der Waals surface area (Å²) >= 11 is 0. The molecule has 5 heteroatoms. The predicted molar refractivity (Wildman–Crippen MR) is 80.5 cm³/mol. The number of ether oxygens (including phenoxy) is 1. The molecule has 1 aromatic carbocycles. The van der Waals surface area contributed by atoms with Crippen LogP contribution in [0, 0.1) is 0 Å². The van der Waals surface area contributed by atoms with E-state index in [1.165, 1.54) is 18.9 Å². The molecule has 0 radical (unpaired) electrons. The molecule has 0 spiro atoms. The summed E-state index contributed by atoms with van der Waals surface area (Å²) in [6.45, 7) is -0.0352. The first-order valence-electron chi connectivity index (χ1n) is 7.26. The summed E-state index contributed by atoms with van der Waals surface area (Å²) in [4.78, 5) is 26.0. The fourth-order valence-corrected chi connectivity index (χ4v) is 2.75. The summed E-state index contributed by atoms with van der Waals surface area (Å²) in [7, 11) is 0. The van der Waals surface area contributed by atoms with Gasteiger partial charge in [0.05, 0.1) is 5.52 Å². The van der Waals surface area contributed by atoms with E-state index in [1.807, 2.05) is 12.1 Å². The van der Waals surface area contributed by atoms with E-state index in [0.29, 0.717) is 11.3 Å². The van der Waals surface area contributed by atoms with Gasteiger partial charge in [0.2, 0.25) is 5.56 Å². The number of hydrogen-bond acceptors (Lipinski definition) is 3. The number of nitrogens with one attached hydrogen (secondary N) is 2. The lowest BCUT2D eigenvalue weighted by atomic mass is 10.2. The third-order valence-electron chi connectivity index (χ3n) is 3.80. The average Bonchev–Trinajstić information content (AvgIpc) is 2.98. The van der Waals surface area contributed by atoms with Gasteiger partial charge < -0.3 is 15.0 Å². The van der Waals surface area contributed by atoms with Gasteiger partial charge in [0, 0.05) is 17.5 Å². The molecule has 2 N–H and O–H groups in total. The molecule has 3 rings (SSSR count). The van der Waals surface area contributed by atoms with Gasteiger partial charge in [0.1, 0.15) is 5.75 Å². The molecule has 2 aromatic rings. The van der Waals surface area contributed by atoms with Crippen LogP contribution in [0.25, 0.3) is 10.9 Å². The van der Waals surface area contributed by atoms with Crippen LogP contribution in [0.3, 0.4) is 0 Å². The SMILES string of the molecule is O=C(COc1cccc2ccc(=O)[nH]c12)NC1CCCC1. The molecule has 0 bridgehead atoms. The fourth-order valence-electron chi connectivity index (χ4n) is 2.75. The van der Waals surface area contributed by atoms with E-state index in [-0.39, 0.29) is 24.1 Å². The number of carbonyl (C=O) groups is 1. The van der Waals surface area contributed by atoms with Crippen LogP contribution >= 0.6 is 0 Å². The van der Waals surface area contributed by atoms with Crippen molar-refractivity contribution in [2.24, 2.45) is 0 Å². The van der Waals surface area contributed by atoms with Crippen molar-refractivity contribution in [2.75, 3.05) is 6.61 Å². The molecule has 1 aliphatic rings. The van der Waals surface area contributed by atoms with Gasteiger partial charge in [-0.2, -0.15) is 0 Å². The van der Waals surface area contributed by atoms with Gasteiger partial charge in [0.25, 0.3) is 5.91 Å². The Bertz CT molecular complexity index is 702. The Labute approximate surface area is 122 Å². The van der Waals surface area contributed by atoms with Crippen molar-refractivity contribution < 1.29 is 9.53 Å². The number of H-pyrrole nitrogens is 1. The third-order valence-corrected chi connectivity index (χ3v) is 3.80. The van der Waals surface area contributed by atoms with E-state index in [0.717, 1.165) is 18.2 Å². The lowest BCUT2D eigenvalue weighted by Gasteiger charge is -2.13. The number of fused-ring (bicyclic) bond motifs is 1. The summed E-state index contributed by atoms with van der Waals surface area (Å²) in [5.41, 5.74) is 0.438. The highest BCUT2D eigenvalue weighted by molar-refractivity contribution is 5.85. The summed E-state index contributed by atoms with van der Waals surface area (Å²) < 4.78 is 5.56. The molecule has 1 saturated carbocycles. The van der Waals surface area contributed by atoms with Crippen LogP contribution in [-0.2, 0) is 4.79 Å². The van der Waals surface area contributed by atoms with Gasteiger partial charge in [0.15, 0.2) is 6.61 Å². The molecule has 110 valence electrons. The normalized spacial score (nSPS) is 15.2. The summed E-state index contributed by atoms with van der Waals surface area (Å²) in [5.74, 6) is 0.406. The zero-order chi connectivity index (χ0) is 14.7. The number of rotatable bonds is 4. The Morgan fingerprint density at radius 2 is 2.05 bits per heavy atom. The quantitative estimate of drug-likeness (QED) is 0.902. The first kappa shape index (κ1) is 13.7. The first-order valence-corrected chi connectivity index (χ1v) is 7.26. The van der Waals surface area contributed by atoms with Crippen molar-refractivity contribution in [3.63, 3.8) is 0 Å². The van der Waals surface area contributed by atoms with Gasteiger partial charge in [-0.15, -0.1) is 0 Å². The van der Waals surface area contributed by atoms with Crippen LogP contribution in [0.5, 0.6) is 5.75 Å². The third kappa shape index (κ3) is 3.24. The van der Waals surface area contributed by atoms with Crippen molar-refractivity contribution >= 4 is 16.8 Å². The number of benzene rings is 1. The van der Waals surface area contributed by atoms with Gasteiger partial charge in [-0.3, -0.25) is 9.59 Å². The highest BCUT2D eigenvalue weighted by Gasteiger charge is 2.17. The minimum Gasteiger partial charge on any atom is -0.482 e. The van der Waals surface area contributed by atoms with Crippen molar-refractivity contribution in [3.8, 4) is 5.75 Å². The molecule has 1 fully saturated rings. The molecule has 1 aliphatic carbocycles. The molecule has 0 aliphatic heterocycles. The number of hydrogen-bond donors (Lipinski definition) is 2. The van der Waals surface area contributed by atoms with Crippen LogP contribution in [-0.4, -0.2) is 23.5 Å². The maximum absolute atomic E-state index is 11.9. The second kappa shape index (κ2) is 5.99. The van der Waals surface area contributed by atoms with Crippen molar-refractivity contribution in [1.82, 2.24) is 10.3 Å². The van der Waals surface area contributed by atoms with Gasteiger partial charge in [-0.1, -0.05) is 25.0 Å². The van der Waals surface area contributed by atoms with E-state index in [4.69, 9.17) is 4.74 Å². The number of para-hydroxylation sites is 1. The van der Waals surface area contributed by atoms with Gasteiger partial charge >= 0.3 is 0 Å². The molecule has 1 heterocycles.